The Morgan fingerprint density at radius 3 is 2.50 bits per heavy atom. The third kappa shape index (κ3) is 3.08. The highest BCUT2D eigenvalue weighted by Gasteiger charge is 2.40. The summed E-state index contributed by atoms with van der Waals surface area (Å²) in [6.07, 6.45) is 4.19. The number of rotatable bonds is 5. The molecule has 1 nitrogen and oxygen atoms in total. The molecule has 0 bridgehead atoms. The molecule has 1 fully saturated rings. The summed E-state index contributed by atoms with van der Waals surface area (Å²) in [6.45, 7) is 2.24. The van der Waals surface area contributed by atoms with Crippen molar-refractivity contribution in [2.75, 3.05) is 0 Å². The molecule has 0 heterocycles. The summed E-state index contributed by atoms with van der Waals surface area (Å²) >= 11 is 5.69. The maximum Gasteiger partial charge on any atom is 0.225 e. The number of hydrogen-bond acceptors (Lipinski definition) is 1. The first-order valence-corrected chi connectivity index (χ1v) is 6.20. The first-order chi connectivity index (χ1) is 7.59. The monoisotopic (exact) mass is 236 g/mol. The Labute approximate surface area is 102 Å². The largest absolute Gasteiger partial charge is 0.281 e. The summed E-state index contributed by atoms with van der Waals surface area (Å²) in [7, 11) is 0. The van der Waals surface area contributed by atoms with Gasteiger partial charge in [-0.25, -0.2) is 0 Å². The Bertz CT molecular complexity index is 368. The van der Waals surface area contributed by atoms with Crippen LogP contribution in [-0.4, -0.2) is 5.24 Å². The highest BCUT2D eigenvalue weighted by molar-refractivity contribution is 6.64. The molecule has 0 aromatic heterocycles. The van der Waals surface area contributed by atoms with Crippen LogP contribution in [0.1, 0.15) is 31.7 Å². The molecule has 1 saturated carbocycles. The van der Waals surface area contributed by atoms with Crippen molar-refractivity contribution in [3.05, 3.63) is 35.9 Å². The molecule has 1 aromatic carbocycles. The Morgan fingerprint density at radius 2 is 2.00 bits per heavy atom. The topological polar surface area (TPSA) is 17.1 Å². The average Bonchev–Trinajstić information content (AvgIpc) is 2.97. The molecule has 0 saturated heterocycles. The van der Waals surface area contributed by atoms with E-state index in [-0.39, 0.29) is 11.2 Å². The fourth-order valence-corrected chi connectivity index (χ4v) is 2.30. The van der Waals surface area contributed by atoms with E-state index >= 15 is 0 Å². The lowest BCUT2D eigenvalue weighted by Gasteiger charge is -2.16. The second kappa shape index (κ2) is 4.58. The lowest BCUT2D eigenvalue weighted by atomic mass is 9.89. The lowest BCUT2D eigenvalue weighted by molar-refractivity contribution is -0.115. The minimum atomic E-state index is -0.183. The van der Waals surface area contributed by atoms with Gasteiger partial charge in [0.25, 0.3) is 0 Å². The van der Waals surface area contributed by atoms with Gasteiger partial charge in [0.15, 0.2) is 0 Å². The molecular weight excluding hydrogens is 220 g/mol. The van der Waals surface area contributed by atoms with Gasteiger partial charge in [0, 0.05) is 5.92 Å². The van der Waals surface area contributed by atoms with Crippen molar-refractivity contribution in [1.29, 1.82) is 0 Å². The number of hydrogen-bond donors (Lipinski definition) is 0. The standard InChI is InChI=1S/C14H17ClO/c1-14(7-8-14)10-12(13(15)16)9-11-5-3-2-4-6-11/h2-6,12H,7-10H2,1H3/t12-/m1/s1. The second-order valence-corrected chi connectivity index (χ2v) is 5.58. The normalized spacial score (nSPS) is 19.1. The van der Waals surface area contributed by atoms with Gasteiger partial charge in [0.2, 0.25) is 5.24 Å². The van der Waals surface area contributed by atoms with Gasteiger partial charge >= 0.3 is 0 Å². The van der Waals surface area contributed by atoms with E-state index in [4.69, 9.17) is 11.6 Å². The molecule has 0 amide bonds. The molecule has 1 atom stereocenters. The fraction of sp³-hybridized carbons (Fsp3) is 0.500. The van der Waals surface area contributed by atoms with E-state index < -0.39 is 0 Å². The number of carbonyl (C=O) groups excluding carboxylic acids is 1. The zero-order valence-electron chi connectivity index (χ0n) is 9.58. The van der Waals surface area contributed by atoms with E-state index in [1.165, 1.54) is 18.4 Å². The van der Waals surface area contributed by atoms with Crippen LogP contribution in [0.4, 0.5) is 0 Å². The van der Waals surface area contributed by atoms with Crippen LogP contribution < -0.4 is 0 Å². The van der Waals surface area contributed by atoms with Crippen LogP contribution in [0, 0.1) is 11.3 Å². The maximum absolute atomic E-state index is 11.4. The van der Waals surface area contributed by atoms with Gasteiger partial charge in [-0.15, -0.1) is 0 Å². The summed E-state index contributed by atoms with van der Waals surface area (Å²) in [6, 6.07) is 10.1. The number of benzene rings is 1. The van der Waals surface area contributed by atoms with Gasteiger partial charge in [0.05, 0.1) is 0 Å². The summed E-state index contributed by atoms with van der Waals surface area (Å²) in [5, 5.41) is -0.183. The van der Waals surface area contributed by atoms with Crippen molar-refractivity contribution < 1.29 is 4.79 Å². The van der Waals surface area contributed by atoms with Gasteiger partial charge in [-0.3, -0.25) is 4.79 Å². The highest BCUT2D eigenvalue weighted by atomic mass is 35.5. The maximum atomic E-state index is 11.4. The van der Waals surface area contributed by atoms with Gasteiger partial charge in [-0.1, -0.05) is 37.3 Å². The van der Waals surface area contributed by atoms with Crippen molar-refractivity contribution >= 4 is 16.8 Å². The van der Waals surface area contributed by atoms with Crippen LogP contribution in [0.15, 0.2) is 30.3 Å². The fourth-order valence-electron chi connectivity index (χ4n) is 2.14. The predicted octanol–water partition coefficient (Wildman–Crippen LogP) is 3.80. The zero-order valence-corrected chi connectivity index (χ0v) is 10.3. The molecule has 86 valence electrons. The summed E-state index contributed by atoms with van der Waals surface area (Å²) in [4.78, 5) is 11.4. The third-order valence-corrected chi connectivity index (χ3v) is 3.80. The van der Waals surface area contributed by atoms with E-state index in [0.717, 1.165) is 12.8 Å². The average molecular weight is 237 g/mol. The highest BCUT2D eigenvalue weighted by Crippen LogP contribution is 2.50. The third-order valence-electron chi connectivity index (χ3n) is 3.49. The van der Waals surface area contributed by atoms with Gasteiger partial charge < -0.3 is 0 Å². The van der Waals surface area contributed by atoms with Crippen LogP contribution in [0.25, 0.3) is 0 Å². The van der Waals surface area contributed by atoms with E-state index in [1.807, 2.05) is 18.2 Å². The Morgan fingerprint density at radius 1 is 1.38 bits per heavy atom. The van der Waals surface area contributed by atoms with Crippen LogP contribution in [-0.2, 0) is 11.2 Å². The van der Waals surface area contributed by atoms with E-state index in [2.05, 4.69) is 19.1 Å². The molecule has 1 aromatic rings. The zero-order chi connectivity index (χ0) is 11.6. The van der Waals surface area contributed by atoms with Crippen molar-refractivity contribution in [1.82, 2.24) is 0 Å². The van der Waals surface area contributed by atoms with Gasteiger partial charge in [-0.2, -0.15) is 0 Å². The van der Waals surface area contributed by atoms with Crippen LogP contribution in [0.2, 0.25) is 0 Å². The Kier molecular flexibility index (Phi) is 3.34. The van der Waals surface area contributed by atoms with Crippen molar-refractivity contribution in [3.8, 4) is 0 Å². The first kappa shape index (κ1) is 11.7. The lowest BCUT2D eigenvalue weighted by Crippen LogP contribution is -2.16. The van der Waals surface area contributed by atoms with Crippen molar-refractivity contribution in [2.45, 2.75) is 32.6 Å². The molecule has 0 aliphatic heterocycles. The Hall–Kier alpha value is -0.820. The molecule has 0 unspecified atom stereocenters. The van der Waals surface area contributed by atoms with Gasteiger partial charge in [0.1, 0.15) is 0 Å². The first-order valence-electron chi connectivity index (χ1n) is 5.82. The summed E-state index contributed by atoms with van der Waals surface area (Å²) in [5.74, 6) is -0.0171. The molecule has 0 N–H and O–H groups in total. The quantitative estimate of drug-likeness (QED) is 0.711. The molecular formula is C14H17ClO. The predicted molar refractivity (Wildman–Crippen MR) is 66.5 cm³/mol. The van der Waals surface area contributed by atoms with E-state index in [1.54, 1.807) is 0 Å². The van der Waals surface area contributed by atoms with Crippen LogP contribution in [0.5, 0.6) is 0 Å². The molecule has 2 rings (SSSR count). The van der Waals surface area contributed by atoms with Crippen molar-refractivity contribution in [2.24, 2.45) is 11.3 Å². The smallest absolute Gasteiger partial charge is 0.225 e. The molecule has 0 radical (unpaired) electrons. The van der Waals surface area contributed by atoms with Crippen LogP contribution in [0.3, 0.4) is 0 Å². The van der Waals surface area contributed by atoms with E-state index in [0.29, 0.717) is 5.41 Å². The molecule has 16 heavy (non-hydrogen) atoms. The summed E-state index contributed by atoms with van der Waals surface area (Å²) < 4.78 is 0. The number of carbonyl (C=O) groups is 1. The molecule has 1 aliphatic carbocycles. The van der Waals surface area contributed by atoms with Crippen molar-refractivity contribution in [3.63, 3.8) is 0 Å². The van der Waals surface area contributed by atoms with Gasteiger partial charge in [-0.05, 0) is 48.3 Å². The molecule has 0 spiro atoms. The SMILES string of the molecule is CC1(C[C@@H](Cc2ccccc2)C(=O)Cl)CC1. The second-order valence-electron chi connectivity index (χ2n) is 5.21. The molecule has 1 aliphatic rings. The van der Waals surface area contributed by atoms with Crippen LogP contribution >= 0.6 is 11.6 Å². The Balaban J connectivity index is 2.00. The minimum Gasteiger partial charge on any atom is -0.281 e. The minimum absolute atomic E-state index is 0.0171. The molecule has 2 heteroatoms. The van der Waals surface area contributed by atoms with E-state index in [9.17, 15) is 4.79 Å². The summed E-state index contributed by atoms with van der Waals surface area (Å²) in [5.41, 5.74) is 1.58. The number of halogens is 1.